The molecule has 1 aliphatic heterocycles. The number of allylic oxidation sites excluding steroid dienone is 2. The molecule has 1 atom stereocenters. The van der Waals surface area contributed by atoms with E-state index in [4.69, 9.17) is 5.26 Å². The van der Waals surface area contributed by atoms with Gasteiger partial charge in [-0.1, -0.05) is 0 Å². The first kappa shape index (κ1) is 12.0. The second kappa shape index (κ2) is 5.26. The Hall–Kier alpha value is -1.44. The highest BCUT2D eigenvalue weighted by Gasteiger charge is 2.29. The van der Waals surface area contributed by atoms with E-state index in [0.717, 1.165) is 38.2 Å². The molecule has 0 spiro atoms. The van der Waals surface area contributed by atoms with E-state index in [0.29, 0.717) is 5.57 Å². The first-order valence-electron chi connectivity index (χ1n) is 6.01. The number of nitrogens with zero attached hydrogens (tertiary/aromatic N) is 2. The molecule has 0 bridgehead atoms. The van der Waals surface area contributed by atoms with Crippen molar-refractivity contribution in [1.29, 1.82) is 5.26 Å². The van der Waals surface area contributed by atoms with Gasteiger partial charge in [0.2, 0.25) is 0 Å². The molecule has 4 nitrogen and oxygen atoms in total. The maximum atomic E-state index is 12.0. The summed E-state index contributed by atoms with van der Waals surface area (Å²) in [6, 6.07) is 1.93. The minimum Gasteiger partial charge on any atom is -0.315 e. The van der Waals surface area contributed by atoms with Crippen molar-refractivity contribution in [3.8, 4) is 6.07 Å². The third-order valence-electron chi connectivity index (χ3n) is 3.38. The maximum absolute atomic E-state index is 12.0. The highest BCUT2D eigenvalue weighted by molar-refractivity contribution is 5.99. The van der Waals surface area contributed by atoms with Crippen LogP contribution in [-0.2, 0) is 4.79 Å². The van der Waals surface area contributed by atoms with Gasteiger partial charge in [0.05, 0.1) is 17.7 Å². The van der Waals surface area contributed by atoms with Crippen molar-refractivity contribution < 1.29 is 4.79 Å². The van der Waals surface area contributed by atoms with Crippen molar-refractivity contribution in [3.63, 3.8) is 0 Å². The van der Waals surface area contributed by atoms with Gasteiger partial charge in [-0.25, -0.2) is 0 Å². The van der Waals surface area contributed by atoms with Gasteiger partial charge >= 0.3 is 0 Å². The van der Waals surface area contributed by atoms with Gasteiger partial charge in [-0.05, 0) is 37.6 Å². The Morgan fingerprint density at radius 2 is 2.24 bits per heavy atom. The first-order valence-corrected chi connectivity index (χ1v) is 6.01. The summed E-state index contributed by atoms with van der Waals surface area (Å²) in [6.45, 7) is 5.57. The number of nitriles is 1. The van der Waals surface area contributed by atoms with Crippen LogP contribution in [0.5, 0.6) is 0 Å². The minimum atomic E-state index is -0.227. The van der Waals surface area contributed by atoms with E-state index in [-0.39, 0.29) is 11.8 Å². The van der Waals surface area contributed by atoms with Gasteiger partial charge in [0.1, 0.15) is 0 Å². The van der Waals surface area contributed by atoms with E-state index in [1.165, 1.54) is 6.08 Å². The molecule has 0 amide bonds. The Labute approximate surface area is 102 Å². The number of rotatable bonds is 1. The second-order valence-electron chi connectivity index (χ2n) is 4.49. The summed E-state index contributed by atoms with van der Waals surface area (Å²) in [7, 11) is 0. The van der Waals surface area contributed by atoms with E-state index in [1.807, 2.05) is 6.92 Å². The fourth-order valence-electron chi connectivity index (χ4n) is 2.45. The lowest BCUT2D eigenvalue weighted by molar-refractivity contribution is -0.118. The van der Waals surface area contributed by atoms with Crippen molar-refractivity contribution in [2.75, 3.05) is 26.2 Å². The van der Waals surface area contributed by atoms with Crippen molar-refractivity contribution >= 4 is 5.78 Å². The Balaban J connectivity index is 2.24. The highest BCUT2D eigenvalue weighted by Crippen LogP contribution is 2.21. The van der Waals surface area contributed by atoms with Crippen LogP contribution in [0.1, 0.15) is 13.3 Å². The third kappa shape index (κ3) is 2.46. The number of hydrogen-bond acceptors (Lipinski definition) is 4. The standard InChI is InChI=1S/C13H17N3O/c1-10-11(9-14)3-4-12(17)13(10)16-7-2-5-15-6-8-16/h3-4,13,15H,2,5-8H2,1H3. The molecule has 1 N–H and O–H groups in total. The van der Waals surface area contributed by atoms with Gasteiger partial charge in [0.15, 0.2) is 5.78 Å². The van der Waals surface area contributed by atoms with E-state index < -0.39 is 0 Å². The molecule has 0 aromatic heterocycles. The molecular weight excluding hydrogens is 214 g/mol. The molecule has 1 fully saturated rings. The number of carbonyl (C=O) groups excluding carboxylic acids is 1. The van der Waals surface area contributed by atoms with Crippen LogP contribution < -0.4 is 5.32 Å². The van der Waals surface area contributed by atoms with Crippen LogP contribution in [-0.4, -0.2) is 42.9 Å². The van der Waals surface area contributed by atoms with Gasteiger partial charge < -0.3 is 5.32 Å². The third-order valence-corrected chi connectivity index (χ3v) is 3.38. The lowest BCUT2D eigenvalue weighted by Crippen LogP contribution is -2.44. The van der Waals surface area contributed by atoms with Gasteiger partial charge in [-0.15, -0.1) is 0 Å². The van der Waals surface area contributed by atoms with Crippen LogP contribution in [0, 0.1) is 11.3 Å². The zero-order valence-electron chi connectivity index (χ0n) is 10.1. The van der Waals surface area contributed by atoms with E-state index in [2.05, 4.69) is 16.3 Å². The molecule has 2 aliphatic rings. The lowest BCUT2D eigenvalue weighted by atomic mass is 9.92. The SMILES string of the molecule is CC1=C(C#N)C=CC(=O)C1N1CCCNCC1. The fourth-order valence-corrected chi connectivity index (χ4v) is 2.45. The number of nitrogens with one attached hydrogen (secondary N) is 1. The molecule has 1 heterocycles. The molecule has 1 aliphatic carbocycles. The van der Waals surface area contributed by atoms with Crippen molar-refractivity contribution in [2.45, 2.75) is 19.4 Å². The molecule has 1 unspecified atom stereocenters. The molecule has 0 aromatic carbocycles. The largest absolute Gasteiger partial charge is 0.315 e. The van der Waals surface area contributed by atoms with Gasteiger partial charge in [-0.2, -0.15) is 5.26 Å². The smallest absolute Gasteiger partial charge is 0.177 e. The summed E-state index contributed by atoms with van der Waals surface area (Å²) in [6.07, 6.45) is 4.21. The quantitative estimate of drug-likeness (QED) is 0.719. The van der Waals surface area contributed by atoms with Crippen LogP contribution in [0.25, 0.3) is 0 Å². The summed E-state index contributed by atoms with van der Waals surface area (Å²) in [5.74, 6) is 0.100. The van der Waals surface area contributed by atoms with Gasteiger partial charge in [0.25, 0.3) is 0 Å². The first-order chi connectivity index (χ1) is 8.24. The summed E-state index contributed by atoms with van der Waals surface area (Å²) in [5, 5.41) is 12.3. The second-order valence-corrected chi connectivity index (χ2v) is 4.49. The van der Waals surface area contributed by atoms with Crippen LogP contribution in [0.4, 0.5) is 0 Å². The molecular formula is C13H17N3O. The molecule has 17 heavy (non-hydrogen) atoms. The normalized spacial score (nSPS) is 26.8. The summed E-state index contributed by atoms with van der Waals surface area (Å²) in [4.78, 5) is 14.2. The monoisotopic (exact) mass is 231 g/mol. The molecule has 4 heteroatoms. The van der Waals surface area contributed by atoms with Crippen LogP contribution in [0.15, 0.2) is 23.3 Å². The zero-order chi connectivity index (χ0) is 12.3. The molecule has 90 valence electrons. The Bertz CT molecular complexity index is 409. The van der Waals surface area contributed by atoms with Crippen LogP contribution in [0.3, 0.4) is 0 Å². The van der Waals surface area contributed by atoms with Gasteiger partial charge in [-0.3, -0.25) is 9.69 Å². The summed E-state index contributed by atoms with van der Waals surface area (Å²) in [5.41, 5.74) is 1.52. The highest BCUT2D eigenvalue weighted by atomic mass is 16.1. The van der Waals surface area contributed by atoms with E-state index >= 15 is 0 Å². The predicted molar refractivity (Wildman–Crippen MR) is 65.3 cm³/mol. The topological polar surface area (TPSA) is 56.1 Å². The lowest BCUT2D eigenvalue weighted by Gasteiger charge is -2.31. The Kier molecular flexibility index (Phi) is 3.72. The van der Waals surface area contributed by atoms with Crippen LogP contribution in [0.2, 0.25) is 0 Å². The molecule has 0 aromatic rings. The van der Waals surface area contributed by atoms with Crippen molar-refractivity contribution in [2.24, 2.45) is 0 Å². The van der Waals surface area contributed by atoms with E-state index in [9.17, 15) is 4.79 Å². The zero-order valence-corrected chi connectivity index (χ0v) is 10.1. The number of hydrogen-bond donors (Lipinski definition) is 1. The fraction of sp³-hybridized carbons (Fsp3) is 0.538. The average Bonchev–Trinajstić information content (AvgIpc) is 2.58. The molecule has 0 radical (unpaired) electrons. The molecule has 1 saturated heterocycles. The number of ketones is 1. The number of carbonyl (C=O) groups is 1. The van der Waals surface area contributed by atoms with Gasteiger partial charge in [0, 0.05) is 19.6 Å². The van der Waals surface area contributed by atoms with Crippen LogP contribution >= 0.6 is 0 Å². The average molecular weight is 231 g/mol. The minimum absolute atomic E-state index is 0.100. The maximum Gasteiger partial charge on any atom is 0.177 e. The molecule has 2 rings (SSSR count). The molecule has 0 saturated carbocycles. The Morgan fingerprint density at radius 1 is 1.41 bits per heavy atom. The summed E-state index contributed by atoms with van der Waals surface area (Å²) >= 11 is 0. The Morgan fingerprint density at radius 3 is 3.00 bits per heavy atom. The van der Waals surface area contributed by atoms with Crippen molar-refractivity contribution in [3.05, 3.63) is 23.3 Å². The summed E-state index contributed by atoms with van der Waals surface area (Å²) < 4.78 is 0. The van der Waals surface area contributed by atoms with E-state index in [1.54, 1.807) is 6.08 Å². The van der Waals surface area contributed by atoms with Crippen molar-refractivity contribution in [1.82, 2.24) is 10.2 Å². The predicted octanol–water partition coefficient (Wildman–Crippen LogP) is 0.629.